The van der Waals surface area contributed by atoms with Crippen molar-refractivity contribution in [2.24, 2.45) is 0 Å². The Hall–Kier alpha value is -2.81. The lowest BCUT2D eigenvalue weighted by molar-refractivity contribution is -0.130. The number of benzene rings is 1. The summed E-state index contributed by atoms with van der Waals surface area (Å²) in [6.07, 6.45) is 7.29. The Labute approximate surface area is 191 Å². The first-order valence-corrected chi connectivity index (χ1v) is 11.9. The maximum Gasteiger partial charge on any atom is 0.407 e. The van der Waals surface area contributed by atoms with E-state index in [9.17, 15) is 19.5 Å². The van der Waals surface area contributed by atoms with Crippen molar-refractivity contribution in [3.63, 3.8) is 0 Å². The van der Waals surface area contributed by atoms with E-state index in [0.717, 1.165) is 42.6 Å². The van der Waals surface area contributed by atoms with E-state index in [1.807, 2.05) is 0 Å². The van der Waals surface area contributed by atoms with E-state index in [2.05, 4.69) is 16.9 Å². The van der Waals surface area contributed by atoms with E-state index in [1.54, 1.807) is 17.9 Å². The van der Waals surface area contributed by atoms with Gasteiger partial charge in [0.05, 0.1) is 11.2 Å². The fourth-order valence-corrected chi connectivity index (χ4v) is 5.11. The Morgan fingerprint density at radius 2 is 2.06 bits per heavy atom. The number of nitrogens with zero attached hydrogens (tertiary/aromatic N) is 1. The van der Waals surface area contributed by atoms with Crippen LogP contribution in [0.25, 0.3) is 10.2 Å². The summed E-state index contributed by atoms with van der Waals surface area (Å²) >= 11 is 1.03. The Morgan fingerprint density at radius 1 is 1.34 bits per heavy atom. The fraction of sp³-hybridized carbons (Fsp3) is 0.522. The first kappa shape index (κ1) is 23.8. The molecule has 1 fully saturated rings. The molecule has 1 aliphatic rings. The van der Waals surface area contributed by atoms with E-state index in [-0.39, 0.29) is 22.6 Å². The molecule has 174 valence electrons. The third-order valence-electron chi connectivity index (χ3n) is 5.79. The summed E-state index contributed by atoms with van der Waals surface area (Å²) in [5.41, 5.74) is 1.27. The van der Waals surface area contributed by atoms with Gasteiger partial charge in [0, 0.05) is 12.6 Å². The van der Waals surface area contributed by atoms with E-state index in [1.165, 1.54) is 25.0 Å². The van der Waals surface area contributed by atoms with E-state index < -0.39 is 12.2 Å². The molecule has 8 nitrogen and oxygen atoms in total. The molecule has 1 aromatic heterocycles. The number of nitrogens with one attached hydrogen (secondary N) is 2. The standard InChI is InChI=1S/C23H31N3O5S/c1-3-19(28)26(17-8-6-4-5-7-9-17)14-15(2)31-22(29)24-13-12-16-10-11-18(27)20-21(16)32-23(30)25-20/h3,10-11,15,17,27H,1,4-9,12-14H2,2H3,(H,24,29)(H,25,30). The number of aromatic hydroxyl groups is 1. The molecule has 2 amide bonds. The lowest BCUT2D eigenvalue weighted by Crippen LogP contribution is -2.44. The zero-order valence-electron chi connectivity index (χ0n) is 18.4. The van der Waals surface area contributed by atoms with Gasteiger partial charge in [-0.05, 0) is 43.9 Å². The molecule has 1 saturated carbocycles. The molecule has 1 unspecified atom stereocenters. The minimum atomic E-state index is -0.554. The molecule has 1 heterocycles. The highest BCUT2D eigenvalue weighted by Gasteiger charge is 2.25. The van der Waals surface area contributed by atoms with Gasteiger partial charge < -0.3 is 25.0 Å². The van der Waals surface area contributed by atoms with Gasteiger partial charge in [0.25, 0.3) is 0 Å². The van der Waals surface area contributed by atoms with Crippen molar-refractivity contribution in [3.8, 4) is 5.75 Å². The fourth-order valence-electron chi connectivity index (χ4n) is 4.21. The number of ether oxygens (including phenoxy) is 1. The second kappa shape index (κ2) is 11.2. The lowest BCUT2D eigenvalue weighted by Gasteiger charge is -2.32. The first-order valence-electron chi connectivity index (χ1n) is 11.1. The second-order valence-corrected chi connectivity index (χ2v) is 9.18. The Morgan fingerprint density at radius 3 is 2.75 bits per heavy atom. The molecular weight excluding hydrogens is 430 g/mol. The molecule has 3 N–H and O–H groups in total. The number of fused-ring (bicyclic) bond motifs is 1. The SMILES string of the molecule is C=CC(=O)N(CC(C)OC(=O)NCCc1ccc(O)c2[nH]c(=O)sc12)C1CCCCCC1. The maximum atomic E-state index is 12.4. The van der Waals surface area contributed by atoms with Gasteiger partial charge >= 0.3 is 11.0 Å². The molecular formula is C23H31N3O5S. The number of phenolic OH excluding ortho intramolecular Hbond substituents is 1. The quantitative estimate of drug-likeness (QED) is 0.410. The summed E-state index contributed by atoms with van der Waals surface area (Å²) in [6, 6.07) is 3.42. The number of carbonyl (C=O) groups excluding carboxylic acids is 2. The lowest BCUT2D eigenvalue weighted by atomic mass is 10.1. The highest BCUT2D eigenvalue weighted by molar-refractivity contribution is 7.16. The molecule has 0 aliphatic heterocycles. The van der Waals surface area contributed by atoms with Crippen molar-refractivity contribution in [2.75, 3.05) is 13.1 Å². The van der Waals surface area contributed by atoms with Crippen LogP contribution >= 0.6 is 11.3 Å². The normalized spacial score (nSPS) is 15.7. The molecule has 0 radical (unpaired) electrons. The first-order chi connectivity index (χ1) is 15.4. The molecule has 1 atom stereocenters. The summed E-state index contributed by atoms with van der Waals surface area (Å²) in [5, 5.41) is 12.6. The Bertz CT molecular complexity index is 1010. The minimum Gasteiger partial charge on any atom is -0.506 e. The van der Waals surface area contributed by atoms with Crippen molar-refractivity contribution >= 4 is 33.6 Å². The molecule has 0 saturated heterocycles. The number of carbonyl (C=O) groups is 2. The van der Waals surface area contributed by atoms with Crippen molar-refractivity contribution in [1.82, 2.24) is 15.2 Å². The maximum absolute atomic E-state index is 12.4. The number of phenols is 1. The van der Waals surface area contributed by atoms with Crippen LogP contribution in [0.4, 0.5) is 4.79 Å². The molecule has 0 bridgehead atoms. The highest BCUT2D eigenvalue weighted by Crippen LogP contribution is 2.28. The number of aromatic amines is 1. The molecule has 1 aromatic carbocycles. The molecule has 9 heteroatoms. The topological polar surface area (TPSA) is 112 Å². The van der Waals surface area contributed by atoms with Crippen molar-refractivity contribution in [1.29, 1.82) is 0 Å². The van der Waals surface area contributed by atoms with Crippen LogP contribution < -0.4 is 10.2 Å². The summed E-state index contributed by atoms with van der Waals surface area (Å²) in [5.74, 6) is -0.106. The third-order valence-corrected chi connectivity index (χ3v) is 6.75. The molecule has 1 aliphatic carbocycles. The predicted octanol–water partition coefficient (Wildman–Crippen LogP) is 3.69. The largest absolute Gasteiger partial charge is 0.506 e. The van der Waals surface area contributed by atoms with Gasteiger partial charge in [0.2, 0.25) is 5.91 Å². The average molecular weight is 462 g/mol. The minimum absolute atomic E-state index is 0.0237. The molecule has 3 rings (SSSR count). The van der Waals surface area contributed by atoms with Crippen molar-refractivity contribution in [3.05, 3.63) is 40.0 Å². The Kier molecular flexibility index (Phi) is 8.33. The summed E-state index contributed by atoms with van der Waals surface area (Å²) in [4.78, 5) is 40.5. The zero-order chi connectivity index (χ0) is 23.1. The van der Waals surface area contributed by atoms with Crippen LogP contribution in [-0.4, -0.2) is 52.2 Å². The summed E-state index contributed by atoms with van der Waals surface area (Å²) in [7, 11) is 0. The summed E-state index contributed by atoms with van der Waals surface area (Å²) < 4.78 is 6.16. The van der Waals surface area contributed by atoms with E-state index in [0.29, 0.717) is 29.7 Å². The van der Waals surface area contributed by atoms with Crippen LogP contribution in [0.5, 0.6) is 5.75 Å². The number of aromatic nitrogens is 1. The van der Waals surface area contributed by atoms with Crippen LogP contribution in [0.1, 0.15) is 51.0 Å². The van der Waals surface area contributed by atoms with Gasteiger partial charge in [0.1, 0.15) is 17.4 Å². The molecule has 32 heavy (non-hydrogen) atoms. The number of H-pyrrole nitrogens is 1. The smallest absolute Gasteiger partial charge is 0.407 e. The van der Waals surface area contributed by atoms with Crippen LogP contribution in [0.3, 0.4) is 0 Å². The van der Waals surface area contributed by atoms with Crippen LogP contribution in [-0.2, 0) is 16.0 Å². The van der Waals surface area contributed by atoms with Crippen LogP contribution in [0.2, 0.25) is 0 Å². The number of hydrogen-bond acceptors (Lipinski definition) is 6. The number of hydrogen-bond donors (Lipinski definition) is 3. The summed E-state index contributed by atoms with van der Waals surface area (Å²) in [6.45, 7) is 6.04. The molecule has 0 spiro atoms. The number of rotatable bonds is 8. The predicted molar refractivity (Wildman–Crippen MR) is 125 cm³/mol. The molecule has 2 aromatic rings. The van der Waals surface area contributed by atoms with Gasteiger partial charge in [0.15, 0.2) is 0 Å². The highest BCUT2D eigenvalue weighted by atomic mass is 32.1. The van der Waals surface area contributed by atoms with Gasteiger partial charge in [-0.3, -0.25) is 9.59 Å². The number of alkyl carbamates (subject to hydrolysis) is 1. The Balaban J connectivity index is 1.51. The third kappa shape index (κ3) is 6.12. The van der Waals surface area contributed by atoms with Crippen molar-refractivity contribution < 1.29 is 19.4 Å². The van der Waals surface area contributed by atoms with E-state index >= 15 is 0 Å². The monoisotopic (exact) mass is 461 g/mol. The van der Waals surface area contributed by atoms with Crippen LogP contribution in [0.15, 0.2) is 29.6 Å². The van der Waals surface area contributed by atoms with Crippen molar-refractivity contribution in [2.45, 2.75) is 64.0 Å². The van der Waals surface area contributed by atoms with Gasteiger partial charge in [-0.1, -0.05) is 49.7 Å². The van der Waals surface area contributed by atoms with Crippen LogP contribution in [0, 0.1) is 0 Å². The van der Waals surface area contributed by atoms with Gasteiger partial charge in [-0.2, -0.15) is 0 Å². The number of amides is 2. The zero-order valence-corrected chi connectivity index (χ0v) is 19.2. The average Bonchev–Trinajstić information content (AvgIpc) is 2.97. The number of thiazole rings is 1. The van der Waals surface area contributed by atoms with E-state index in [4.69, 9.17) is 4.74 Å². The van der Waals surface area contributed by atoms with Gasteiger partial charge in [-0.15, -0.1) is 0 Å². The second-order valence-electron chi connectivity index (χ2n) is 8.20. The van der Waals surface area contributed by atoms with Gasteiger partial charge in [-0.25, -0.2) is 4.79 Å².